The Hall–Kier alpha value is -0.520. The number of rotatable bonds is 2. The summed E-state index contributed by atoms with van der Waals surface area (Å²) in [6.07, 6.45) is 5.56. The first kappa shape index (κ1) is 9.05. The van der Waals surface area contributed by atoms with E-state index in [1.165, 1.54) is 23.1 Å². The Bertz CT molecular complexity index is 330. The molecule has 0 atom stereocenters. The van der Waals surface area contributed by atoms with Crippen LogP contribution in [0, 0.1) is 0 Å². The fourth-order valence-electron chi connectivity index (χ4n) is 1.11. The highest BCUT2D eigenvalue weighted by Gasteiger charge is 2.25. The van der Waals surface area contributed by atoms with Crippen LogP contribution in [0.5, 0.6) is 0 Å². The minimum atomic E-state index is -0.324. The van der Waals surface area contributed by atoms with Gasteiger partial charge in [0.1, 0.15) is 5.69 Å². The molecule has 1 fully saturated rings. The summed E-state index contributed by atoms with van der Waals surface area (Å²) in [5.74, 6) is 0.253. The lowest BCUT2D eigenvalue weighted by atomic mass is 10.3. The average Bonchev–Trinajstić information content (AvgIpc) is 3.00. The number of nitrogens with zero attached hydrogens (tertiary/aromatic N) is 2. The van der Waals surface area contributed by atoms with Crippen LogP contribution in [-0.2, 0) is 0 Å². The molecule has 68 valence electrons. The van der Waals surface area contributed by atoms with Crippen molar-refractivity contribution in [2.45, 2.75) is 18.8 Å². The van der Waals surface area contributed by atoms with Crippen molar-refractivity contribution < 1.29 is 4.39 Å². The standard InChI is InChI=1S/C9H8FIN2/c10-7(3-11)9-5-12-8(4-13-9)6-1-2-6/h3-6H,1-2H2. The van der Waals surface area contributed by atoms with E-state index in [0.29, 0.717) is 11.6 Å². The lowest BCUT2D eigenvalue weighted by Gasteiger charge is -1.97. The molecule has 0 aliphatic heterocycles. The fourth-order valence-corrected chi connectivity index (χ4v) is 1.43. The Morgan fingerprint density at radius 2 is 2.23 bits per heavy atom. The van der Waals surface area contributed by atoms with Gasteiger partial charge in [0.2, 0.25) is 0 Å². The molecule has 0 spiro atoms. The van der Waals surface area contributed by atoms with Gasteiger partial charge >= 0.3 is 0 Å². The summed E-state index contributed by atoms with van der Waals surface area (Å²) in [7, 11) is 0. The highest BCUT2D eigenvalue weighted by atomic mass is 127. The van der Waals surface area contributed by atoms with Crippen molar-refractivity contribution >= 4 is 28.4 Å². The monoisotopic (exact) mass is 290 g/mol. The predicted molar refractivity (Wildman–Crippen MR) is 57.1 cm³/mol. The second kappa shape index (κ2) is 3.69. The lowest BCUT2D eigenvalue weighted by molar-refractivity contribution is 0.751. The van der Waals surface area contributed by atoms with Gasteiger partial charge in [0.25, 0.3) is 0 Å². The van der Waals surface area contributed by atoms with Crippen LogP contribution in [0.1, 0.15) is 30.1 Å². The Morgan fingerprint density at radius 3 is 2.69 bits per heavy atom. The Kier molecular flexibility index (Phi) is 2.57. The van der Waals surface area contributed by atoms with E-state index in [2.05, 4.69) is 9.97 Å². The predicted octanol–water partition coefficient (Wildman–Crippen LogP) is 3.06. The van der Waals surface area contributed by atoms with Crippen LogP contribution in [0.2, 0.25) is 0 Å². The van der Waals surface area contributed by atoms with Gasteiger partial charge in [-0.1, -0.05) is 0 Å². The Morgan fingerprint density at radius 1 is 1.46 bits per heavy atom. The zero-order valence-corrected chi connectivity index (χ0v) is 9.03. The molecular formula is C9H8FIN2. The summed E-state index contributed by atoms with van der Waals surface area (Å²) in [6, 6.07) is 0. The van der Waals surface area contributed by atoms with Crippen LogP contribution in [0.3, 0.4) is 0 Å². The second-order valence-electron chi connectivity index (χ2n) is 3.06. The molecule has 1 aromatic heterocycles. The van der Waals surface area contributed by atoms with E-state index in [1.54, 1.807) is 6.20 Å². The number of hydrogen-bond acceptors (Lipinski definition) is 2. The fraction of sp³-hybridized carbons (Fsp3) is 0.333. The van der Waals surface area contributed by atoms with E-state index in [-0.39, 0.29) is 5.83 Å². The average molecular weight is 290 g/mol. The zero-order valence-electron chi connectivity index (χ0n) is 6.87. The lowest BCUT2D eigenvalue weighted by Crippen LogP contribution is -1.91. The number of hydrogen-bond donors (Lipinski definition) is 0. The van der Waals surface area contributed by atoms with E-state index in [9.17, 15) is 4.39 Å². The van der Waals surface area contributed by atoms with Crippen molar-refractivity contribution in [1.29, 1.82) is 0 Å². The Balaban J connectivity index is 2.22. The molecule has 2 nitrogen and oxygen atoms in total. The molecule has 0 unspecified atom stereocenters. The molecular weight excluding hydrogens is 282 g/mol. The topological polar surface area (TPSA) is 25.8 Å². The van der Waals surface area contributed by atoms with E-state index >= 15 is 0 Å². The van der Waals surface area contributed by atoms with E-state index in [4.69, 9.17) is 0 Å². The van der Waals surface area contributed by atoms with Crippen molar-refractivity contribution in [2.24, 2.45) is 0 Å². The molecule has 0 radical (unpaired) electrons. The van der Waals surface area contributed by atoms with Crippen molar-refractivity contribution in [2.75, 3.05) is 0 Å². The van der Waals surface area contributed by atoms with Crippen molar-refractivity contribution in [3.05, 3.63) is 27.9 Å². The van der Waals surface area contributed by atoms with Crippen molar-refractivity contribution in [3.63, 3.8) is 0 Å². The first-order valence-electron chi connectivity index (χ1n) is 4.09. The SMILES string of the molecule is FC(=CI)c1cnc(C2CC2)cn1. The largest absolute Gasteiger partial charge is 0.257 e. The molecule has 0 N–H and O–H groups in total. The van der Waals surface area contributed by atoms with Gasteiger partial charge in [-0.3, -0.25) is 9.97 Å². The summed E-state index contributed by atoms with van der Waals surface area (Å²) in [5, 5.41) is 0. The van der Waals surface area contributed by atoms with Crippen molar-refractivity contribution in [3.8, 4) is 0 Å². The minimum Gasteiger partial charge on any atom is -0.257 e. The highest BCUT2D eigenvalue weighted by molar-refractivity contribution is 14.1. The Labute approximate surface area is 89.4 Å². The molecule has 1 saturated carbocycles. The van der Waals surface area contributed by atoms with Crippen LogP contribution in [0.4, 0.5) is 4.39 Å². The highest BCUT2D eigenvalue weighted by Crippen LogP contribution is 2.38. The minimum absolute atomic E-state index is 0.318. The third kappa shape index (κ3) is 2.04. The number of halogens is 2. The summed E-state index contributed by atoms with van der Waals surface area (Å²) < 4.78 is 14.3. The molecule has 1 aliphatic carbocycles. The first-order valence-corrected chi connectivity index (χ1v) is 5.34. The third-order valence-electron chi connectivity index (χ3n) is 2.01. The van der Waals surface area contributed by atoms with E-state index in [0.717, 1.165) is 5.69 Å². The molecule has 0 amide bonds. The molecule has 0 saturated heterocycles. The maximum absolute atomic E-state index is 13.0. The quantitative estimate of drug-likeness (QED) is 0.782. The van der Waals surface area contributed by atoms with Crippen LogP contribution in [0.15, 0.2) is 16.5 Å². The second-order valence-corrected chi connectivity index (χ2v) is 3.68. The zero-order chi connectivity index (χ0) is 9.26. The summed E-state index contributed by atoms with van der Waals surface area (Å²) >= 11 is 1.85. The molecule has 4 heteroatoms. The van der Waals surface area contributed by atoms with Crippen LogP contribution in [-0.4, -0.2) is 9.97 Å². The van der Waals surface area contributed by atoms with Gasteiger partial charge in [-0.05, 0) is 35.4 Å². The normalized spacial score (nSPS) is 17.5. The molecule has 1 aliphatic rings. The molecule has 0 aromatic carbocycles. The van der Waals surface area contributed by atoms with Gasteiger partial charge in [-0.25, -0.2) is 4.39 Å². The smallest absolute Gasteiger partial charge is 0.156 e. The third-order valence-corrected chi connectivity index (χ3v) is 2.55. The van der Waals surface area contributed by atoms with Gasteiger partial charge in [-0.2, -0.15) is 0 Å². The van der Waals surface area contributed by atoms with E-state index < -0.39 is 0 Å². The van der Waals surface area contributed by atoms with Gasteiger partial charge in [-0.15, -0.1) is 0 Å². The van der Waals surface area contributed by atoms with Crippen LogP contribution < -0.4 is 0 Å². The van der Waals surface area contributed by atoms with Gasteiger partial charge in [0.15, 0.2) is 5.83 Å². The van der Waals surface area contributed by atoms with E-state index in [1.807, 2.05) is 22.6 Å². The first-order chi connectivity index (χ1) is 6.31. The van der Waals surface area contributed by atoms with Gasteiger partial charge < -0.3 is 0 Å². The van der Waals surface area contributed by atoms with Crippen LogP contribution >= 0.6 is 22.6 Å². The van der Waals surface area contributed by atoms with Gasteiger partial charge in [0.05, 0.1) is 11.9 Å². The van der Waals surface area contributed by atoms with Gasteiger partial charge in [0, 0.05) is 16.2 Å². The maximum atomic E-state index is 13.0. The molecule has 1 aromatic rings. The molecule has 0 bridgehead atoms. The maximum Gasteiger partial charge on any atom is 0.156 e. The summed E-state index contributed by atoms with van der Waals surface area (Å²) in [5.41, 5.74) is 1.31. The molecule has 13 heavy (non-hydrogen) atoms. The van der Waals surface area contributed by atoms with Crippen molar-refractivity contribution in [1.82, 2.24) is 9.97 Å². The molecule has 1 heterocycles. The number of aromatic nitrogens is 2. The molecule has 2 rings (SSSR count). The summed E-state index contributed by atoms with van der Waals surface area (Å²) in [4.78, 5) is 8.16. The van der Waals surface area contributed by atoms with Crippen LogP contribution in [0.25, 0.3) is 5.83 Å². The summed E-state index contributed by atoms with van der Waals surface area (Å²) in [6.45, 7) is 0.